The van der Waals surface area contributed by atoms with Crippen LogP contribution >= 0.6 is 31.9 Å². The van der Waals surface area contributed by atoms with Crippen LogP contribution < -0.4 is 0 Å². The molecule has 2 aromatic carbocycles. The van der Waals surface area contributed by atoms with Gasteiger partial charge in [-0.15, -0.1) is 0 Å². The van der Waals surface area contributed by atoms with Crippen molar-refractivity contribution < 1.29 is 13.0 Å². The molecule has 19 heavy (non-hydrogen) atoms. The summed E-state index contributed by atoms with van der Waals surface area (Å²) in [5.74, 6) is 0. The van der Waals surface area contributed by atoms with Gasteiger partial charge in [0.05, 0.1) is 0 Å². The van der Waals surface area contributed by atoms with Gasteiger partial charge < -0.3 is 0 Å². The first-order valence-electron chi connectivity index (χ1n) is 4.91. The van der Waals surface area contributed by atoms with E-state index in [2.05, 4.69) is 31.9 Å². The molecular weight excluding hydrogens is 407 g/mol. The van der Waals surface area contributed by atoms with Gasteiger partial charge in [-0.3, -0.25) is 4.55 Å². The van der Waals surface area contributed by atoms with Gasteiger partial charge in [-0.25, -0.2) is 0 Å². The zero-order chi connectivity index (χ0) is 13.3. The van der Waals surface area contributed by atoms with E-state index in [1.165, 1.54) is 6.07 Å². The van der Waals surface area contributed by atoms with Crippen LogP contribution in [0.1, 0.15) is 0 Å². The van der Waals surface area contributed by atoms with Crippen molar-refractivity contribution in [3.05, 3.63) is 51.4 Å². The molecule has 0 aromatic heterocycles. The summed E-state index contributed by atoms with van der Waals surface area (Å²) in [6.45, 7) is 0. The first kappa shape index (κ1) is 17.4. The number of halogens is 2. The topological polar surface area (TPSA) is 54.4 Å². The second-order valence-electron chi connectivity index (χ2n) is 3.60. The van der Waals surface area contributed by atoms with Crippen molar-refractivity contribution >= 4 is 71.5 Å². The van der Waals surface area contributed by atoms with Crippen LogP contribution in [-0.2, 0) is 10.1 Å². The monoisotopic (exact) mass is 414 g/mol. The summed E-state index contributed by atoms with van der Waals surface area (Å²) in [6, 6.07) is 12.6. The number of hydrogen-bond acceptors (Lipinski definition) is 2. The minimum absolute atomic E-state index is 0. The Morgan fingerprint density at radius 3 is 2.05 bits per heavy atom. The average molecular weight is 416 g/mol. The fraction of sp³-hybridized carbons (Fsp3) is 0. The quantitative estimate of drug-likeness (QED) is 0.603. The summed E-state index contributed by atoms with van der Waals surface area (Å²) in [6.07, 6.45) is 0. The Morgan fingerprint density at radius 2 is 1.53 bits per heavy atom. The fourth-order valence-electron chi connectivity index (χ4n) is 1.57. The molecule has 0 aliphatic carbocycles. The summed E-state index contributed by atoms with van der Waals surface area (Å²) < 4.78 is 32.3. The molecule has 0 fully saturated rings. The van der Waals surface area contributed by atoms with Crippen molar-refractivity contribution in [1.29, 1.82) is 0 Å². The first-order chi connectivity index (χ1) is 8.39. The molecule has 96 valence electrons. The average Bonchev–Trinajstić information content (AvgIpc) is 2.31. The van der Waals surface area contributed by atoms with E-state index >= 15 is 0 Å². The van der Waals surface area contributed by atoms with Gasteiger partial charge in [0.1, 0.15) is 4.90 Å². The van der Waals surface area contributed by atoms with Crippen molar-refractivity contribution in [2.75, 3.05) is 0 Å². The Bertz CT molecular complexity index is 688. The Morgan fingerprint density at radius 1 is 0.947 bits per heavy atom. The van der Waals surface area contributed by atoms with E-state index in [0.717, 1.165) is 11.1 Å². The Kier molecular flexibility index (Phi) is 6.26. The van der Waals surface area contributed by atoms with Gasteiger partial charge in [0.25, 0.3) is 10.1 Å². The van der Waals surface area contributed by atoms with E-state index in [9.17, 15) is 8.42 Å². The van der Waals surface area contributed by atoms with E-state index in [0.29, 0.717) is 8.95 Å². The molecule has 0 bridgehead atoms. The number of benzene rings is 2. The van der Waals surface area contributed by atoms with Crippen molar-refractivity contribution in [2.24, 2.45) is 0 Å². The third kappa shape index (κ3) is 4.14. The predicted molar refractivity (Wildman–Crippen MR) is 84.2 cm³/mol. The van der Waals surface area contributed by atoms with Crippen LogP contribution in [0, 0.1) is 0 Å². The predicted octanol–water partition coefficient (Wildman–Crippen LogP) is 3.48. The molecule has 0 unspecified atom stereocenters. The van der Waals surface area contributed by atoms with Crippen molar-refractivity contribution in [3.8, 4) is 11.1 Å². The van der Waals surface area contributed by atoms with Gasteiger partial charge in [-0.2, -0.15) is 8.42 Å². The molecule has 0 saturated heterocycles. The molecule has 0 aliphatic heterocycles. The zero-order valence-electron chi connectivity index (χ0n) is 8.97. The Hall–Kier alpha value is 0.310. The van der Waals surface area contributed by atoms with Gasteiger partial charge >= 0.3 is 29.6 Å². The van der Waals surface area contributed by atoms with Crippen molar-refractivity contribution in [2.45, 2.75) is 4.90 Å². The molecule has 2 aromatic rings. The summed E-state index contributed by atoms with van der Waals surface area (Å²) in [7, 11) is -4.23. The summed E-state index contributed by atoms with van der Waals surface area (Å²) in [5.41, 5.74) is 1.79. The maximum absolute atomic E-state index is 11.2. The number of hydrogen-bond donors (Lipinski definition) is 1. The van der Waals surface area contributed by atoms with E-state index in [-0.39, 0.29) is 34.5 Å². The minimum atomic E-state index is -4.23. The molecule has 0 heterocycles. The second kappa shape index (κ2) is 6.85. The van der Waals surface area contributed by atoms with E-state index < -0.39 is 10.1 Å². The molecule has 0 aliphatic rings. The molecule has 2 rings (SSSR count). The van der Waals surface area contributed by atoms with Crippen LogP contribution in [-0.4, -0.2) is 42.5 Å². The van der Waals surface area contributed by atoms with Crippen LogP contribution in [0.3, 0.4) is 0 Å². The van der Waals surface area contributed by atoms with Crippen molar-refractivity contribution in [1.82, 2.24) is 0 Å². The molecule has 3 nitrogen and oxygen atoms in total. The summed E-state index contributed by atoms with van der Waals surface area (Å²) in [5, 5.41) is 0. The molecule has 0 atom stereocenters. The van der Waals surface area contributed by atoms with Crippen LogP contribution in [0.15, 0.2) is 56.3 Å². The third-order valence-electron chi connectivity index (χ3n) is 2.38. The van der Waals surface area contributed by atoms with Crippen LogP contribution in [0.4, 0.5) is 0 Å². The molecule has 7 heteroatoms. The van der Waals surface area contributed by atoms with Gasteiger partial charge in [-0.05, 0) is 39.2 Å². The third-order valence-corrected chi connectivity index (χ3v) is 4.85. The fourth-order valence-corrected chi connectivity index (χ4v) is 3.82. The van der Waals surface area contributed by atoms with Gasteiger partial charge in [0, 0.05) is 8.95 Å². The summed E-state index contributed by atoms with van der Waals surface area (Å²) >= 11 is 6.47. The summed E-state index contributed by atoms with van der Waals surface area (Å²) in [4.78, 5) is -0.158. The van der Waals surface area contributed by atoms with E-state index in [1.807, 2.05) is 30.3 Å². The van der Waals surface area contributed by atoms with Crippen LogP contribution in [0.2, 0.25) is 0 Å². The van der Waals surface area contributed by atoms with Crippen molar-refractivity contribution in [3.63, 3.8) is 0 Å². The SMILES string of the molecule is O=S(=O)(O)c1cc(Br)c(-c2ccccc2)cc1Br.[NaH]. The first-order valence-corrected chi connectivity index (χ1v) is 7.94. The molecule has 0 spiro atoms. The molecule has 1 N–H and O–H groups in total. The van der Waals surface area contributed by atoms with E-state index in [4.69, 9.17) is 4.55 Å². The second-order valence-corrected chi connectivity index (χ2v) is 6.70. The Labute approximate surface area is 150 Å². The molecule has 0 radical (unpaired) electrons. The normalized spacial score (nSPS) is 10.9. The van der Waals surface area contributed by atoms with Crippen LogP contribution in [0.5, 0.6) is 0 Å². The zero-order valence-corrected chi connectivity index (χ0v) is 13.0. The van der Waals surface area contributed by atoms with Gasteiger partial charge in [0.15, 0.2) is 0 Å². The molecule has 0 saturated carbocycles. The van der Waals surface area contributed by atoms with Crippen LogP contribution in [0.25, 0.3) is 11.1 Å². The van der Waals surface area contributed by atoms with E-state index in [1.54, 1.807) is 6.07 Å². The molecule has 0 amide bonds. The Balaban J connectivity index is 0.00000180. The number of rotatable bonds is 2. The standard InChI is InChI=1S/C12H8Br2O3S.Na.H/c13-10-7-12(18(15,16)17)11(14)6-9(10)8-4-2-1-3-5-8;;/h1-7H,(H,15,16,17);;. The maximum atomic E-state index is 11.2. The van der Waals surface area contributed by atoms with Gasteiger partial charge in [-0.1, -0.05) is 46.3 Å². The molecular formula is C12H9Br2NaO3S. The van der Waals surface area contributed by atoms with Gasteiger partial charge in [0.2, 0.25) is 0 Å².